The molecule has 0 unspecified atom stereocenters. The standard InChI is InChI=1S/C21H20ClFO5S2/c22-21-11(7-13-5-6-15(29-13)10-1-3-12(23)4-2-10)8-16(30-21)20-19(27)18(26)17(25)14(9-24)28-20/h1-6,8,14,17-20,24-27H,7,9H2/t14-,17-,18+,19-,20+/m1/s1. The molecule has 1 aliphatic rings. The molecule has 5 atom stereocenters. The number of thiophene rings is 2. The lowest BCUT2D eigenvalue weighted by Gasteiger charge is -2.39. The molecule has 0 spiro atoms. The van der Waals surface area contributed by atoms with E-state index in [0.717, 1.165) is 20.9 Å². The Morgan fingerprint density at radius 2 is 1.70 bits per heavy atom. The molecule has 4 N–H and O–H groups in total. The van der Waals surface area contributed by atoms with Gasteiger partial charge in [-0.3, -0.25) is 0 Å². The van der Waals surface area contributed by atoms with E-state index >= 15 is 0 Å². The van der Waals surface area contributed by atoms with E-state index in [1.165, 1.54) is 23.5 Å². The van der Waals surface area contributed by atoms with Crippen molar-refractivity contribution < 1.29 is 29.6 Å². The van der Waals surface area contributed by atoms with Gasteiger partial charge in [-0.25, -0.2) is 4.39 Å². The summed E-state index contributed by atoms with van der Waals surface area (Å²) in [6.07, 6.45) is -5.45. The van der Waals surface area contributed by atoms with Gasteiger partial charge in [-0.2, -0.15) is 0 Å². The Labute approximate surface area is 185 Å². The van der Waals surface area contributed by atoms with E-state index in [0.29, 0.717) is 15.6 Å². The number of aliphatic hydroxyl groups excluding tert-OH is 4. The highest BCUT2D eigenvalue weighted by molar-refractivity contribution is 7.16. The van der Waals surface area contributed by atoms with E-state index in [1.807, 2.05) is 18.2 Å². The largest absolute Gasteiger partial charge is 0.394 e. The lowest BCUT2D eigenvalue weighted by Crippen LogP contribution is -2.55. The first-order valence-corrected chi connectivity index (χ1v) is 11.3. The van der Waals surface area contributed by atoms with Gasteiger partial charge >= 0.3 is 0 Å². The average molecular weight is 471 g/mol. The van der Waals surface area contributed by atoms with Crippen molar-refractivity contribution in [2.75, 3.05) is 6.61 Å². The third-order valence-corrected chi connectivity index (χ3v) is 7.74. The van der Waals surface area contributed by atoms with Gasteiger partial charge in [-0.15, -0.1) is 22.7 Å². The summed E-state index contributed by atoms with van der Waals surface area (Å²) >= 11 is 9.24. The number of hydrogen-bond acceptors (Lipinski definition) is 7. The molecule has 0 amide bonds. The molecule has 1 saturated heterocycles. The Morgan fingerprint density at radius 1 is 0.967 bits per heavy atom. The fourth-order valence-electron chi connectivity index (χ4n) is 3.45. The number of halogens is 2. The van der Waals surface area contributed by atoms with E-state index < -0.39 is 37.1 Å². The van der Waals surface area contributed by atoms with E-state index in [-0.39, 0.29) is 5.82 Å². The first-order chi connectivity index (χ1) is 14.4. The summed E-state index contributed by atoms with van der Waals surface area (Å²) in [6.45, 7) is -0.477. The van der Waals surface area contributed by atoms with Crippen LogP contribution in [0.15, 0.2) is 42.5 Å². The van der Waals surface area contributed by atoms with Crippen LogP contribution in [0, 0.1) is 5.82 Å². The van der Waals surface area contributed by atoms with Crippen LogP contribution in [0.3, 0.4) is 0 Å². The monoisotopic (exact) mass is 470 g/mol. The van der Waals surface area contributed by atoms with Crippen LogP contribution < -0.4 is 0 Å². The van der Waals surface area contributed by atoms with Crippen molar-refractivity contribution >= 4 is 34.3 Å². The van der Waals surface area contributed by atoms with Crippen LogP contribution >= 0.6 is 34.3 Å². The molecule has 0 radical (unpaired) electrons. The molecule has 5 nitrogen and oxygen atoms in total. The molecule has 4 rings (SSSR count). The van der Waals surface area contributed by atoms with Crippen LogP contribution in [0.5, 0.6) is 0 Å². The molecule has 1 aromatic carbocycles. The minimum absolute atomic E-state index is 0.277. The topological polar surface area (TPSA) is 90.2 Å². The number of hydrogen-bond donors (Lipinski definition) is 4. The highest BCUT2D eigenvalue weighted by Gasteiger charge is 2.44. The van der Waals surface area contributed by atoms with Crippen molar-refractivity contribution in [1.82, 2.24) is 0 Å². The van der Waals surface area contributed by atoms with Crippen molar-refractivity contribution in [2.24, 2.45) is 0 Å². The summed E-state index contributed by atoms with van der Waals surface area (Å²) < 4.78 is 19.3. The van der Waals surface area contributed by atoms with Crippen LogP contribution in [0.1, 0.15) is 21.4 Å². The minimum Gasteiger partial charge on any atom is -0.394 e. The Morgan fingerprint density at radius 3 is 2.40 bits per heavy atom. The van der Waals surface area contributed by atoms with E-state index in [2.05, 4.69) is 0 Å². The molecule has 9 heteroatoms. The van der Waals surface area contributed by atoms with Gasteiger partial charge in [-0.1, -0.05) is 23.7 Å². The average Bonchev–Trinajstić information content (AvgIpc) is 3.34. The molecule has 30 heavy (non-hydrogen) atoms. The first-order valence-electron chi connectivity index (χ1n) is 9.30. The Bertz CT molecular complexity index is 1000. The molecular formula is C21H20ClFO5S2. The van der Waals surface area contributed by atoms with E-state index in [4.69, 9.17) is 16.3 Å². The van der Waals surface area contributed by atoms with E-state index in [1.54, 1.807) is 23.5 Å². The van der Waals surface area contributed by atoms with Gasteiger partial charge in [0.15, 0.2) is 0 Å². The maximum atomic E-state index is 13.1. The summed E-state index contributed by atoms with van der Waals surface area (Å²) in [7, 11) is 0. The molecule has 0 aliphatic carbocycles. The molecule has 0 saturated carbocycles. The maximum absolute atomic E-state index is 13.1. The normalized spacial score (nSPS) is 26.8. The van der Waals surface area contributed by atoms with Gasteiger partial charge < -0.3 is 25.2 Å². The quantitative estimate of drug-likeness (QED) is 0.459. The lowest BCUT2D eigenvalue weighted by atomic mass is 9.94. The Hall–Kier alpha value is -1.36. The van der Waals surface area contributed by atoms with Gasteiger partial charge in [0, 0.05) is 21.1 Å². The zero-order valence-corrected chi connectivity index (χ0v) is 18.0. The summed E-state index contributed by atoms with van der Waals surface area (Å²) in [5, 5.41) is 39.7. The number of rotatable bonds is 5. The number of benzene rings is 1. The van der Waals surface area contributed by atoms with Gasteiger partial charge in [-0.05, 0) is 41.5 Å². The highest BCUT2D eigenvalue weighted by Crippen LogP contribution is 2.40. The maximum Gasteiger partial charge on any atom is 0.123 e. The minimum atomic E-state index is -1.43. The second-order valence-electron chi connectivity index (χ2n) is 7.15. The molecule has 3 aromatic rings. The molecule has 1 fully saturated rings. The molecule has 0 bridgehead atoms. The van der Waals surface area contributed by atoms with Crippen molar-refractivity contribution in [2.45, 2.75) is 36.9 Å². The van der Waals surface area contributed by atoms with Crippen molar-refractivity contribution in [3.8, 4) is 10.4 Å². The van der Waals surface area contributed by atoms with Crippen molar-refractivity contribution in [1.29, 1.82) is 0 Å². The fraction of sp³-hybridized carbons (Fsp3) is 0.333. The third-order valence-electron chi connectivity index (χ3n) is 5.10. The first kappa shape index (κ1) is 21.9. The number of ether oxygens (including phenoxy) is 1. The molecule has 3 heterocycles. The zero-order chi connectivity index (χ0) is 21.4. The van der Waals surface area contributed by atoms with Crippen molar-refractivity contribution in [3.63, 3.8) is 0 Å². The number of aliphatic hydroxyl groups is 4. The Kier molecular flexibility index (Phi) is 6.57. The predicted molar refractivity (Wildman–Crippen MR) is 115 cm³/mol. The fourth-order valence-corrected chi connectivity index (χ4v) is 5.86. The predicted octanol–water partition coefficient (Wildman–Crippen LogP) is 3.37. The summed E-state index contributed by atoms with van der Waals surface area (Å²) in [6, 6.07) is 12.1. The molecule has 2 aromatic heterocycles. The second kappa shape index (κ2) is 9.02. The highest BCUT2D eigenvalue weighted by atomic mass is 35.5. The smallest absolute Gasteiger partial charge is 0.123 e. The lowest BCUT2D eigenvalue weighted by molar-refractivity contribution is -0.230. The van der Waals surface area contributed by atoms with Crippen molar-refractivity contribution in [3.05, 3.63) is 67.9 Å². The van der Waals surface area contributed by atoms with Gasteiger partial charge in [0.25, 0.3) is 0 Å². The molecular weight excluding hydrogens is 451 g/mol. The molecule has 1 aliphatic heterocycles. The zero-order valence-electron chi connectivity index (χ0n) is 15.6. The van der Waals surface area contributed by atoms with Gasteiger partial charge in [0.05, 0.1) is 10.9 Å². The summed E-state index contributed by atoms with van der Waals surface area (Å²) in [5.41, 5.74) is 1.78. The summed E-state index contributed by atoms with van der Waals surface area (Å²) in [4.78, 5) is 2.70. The van der Waals surface area contributed by atoms with Crippen LogP contribution in [0.4, 0.5) is 4.39 Å². The SMILES string of the molecule is OC[C@H]1O[C@@H](c2cc(Cc3ccc(-c4ccc(F)cc4)s3)c(Cl)s2)[C@H](O)[C@@H](O)[C@@H]1O. The van der Waals surface area contributed by atoms with Crippen LogP contribution in [-0.4, -0.2) is 51.4 Å². The third kappa shape index (κ3) is 4.32. The van der Waals surface area contributed by atoms with Crippen LogP contribution in [0.2, 0.25) is 4.34 Å². The van der Waals surface area contributed by atoms with Crippen LogP contribution in [-0.2, 0) is 11.2 Å². The van der Waals surface area contributed by atoms with E-state index in [9.17, 15) is 24.8 Å². The molecule has 160 valence electrons. The summed E-state index contributed by atoms with van der Waals surface area (Å²) in [5.74, 6) is -0.277. The van der Waals surface area contributed by atoms with Gasteiger partial charge in [0.1, 0.15) is 36.3 Å². The second-order valence-corrected chi connectivity index (χ2v) is 10.0. The van der Waals surface area contributed by atoms with Crippen LogP contribution in [0.25, 0.3) is 10.4 Å². The Balaban J connectivity index is 1.53. The van der Waals surface area contributed by atoms with Gasteiger partial charge in [0.2, 0.25) is 0 Å².